The zero-order chi connectivity index (χ0) is 26.3. The number of anilines is 2. The minimum Gasteiger partial charge on any atom is -0.361 e. The number of rotatable bonds is 9. The highest BCUT2D eigenvalue weighted by molar-refractivity contribution is 5.90. The molecule has 0 spiro atoms. The van der Waals surface area contributed by atoms with Gasteiger partial charge in [0.1, 0.15) is 6.07 Å². The predicted octanol–water partition coefficient (Wildman–Crippen LogP) is 6.09. The Labute approximate surface area is 222 Å². The molecular weight excluding hydrogens is 470 g/mol. The SMILES string of the molecule is Cc1ncc(C#N)c(Nc2ccc3[nH]ccc3c2C)c1C=Cc1cccc(CNCCc2ccccn2)n1. The average Bonchev–Trinajstić information content (AvgIpc) is 3.43. The maximum absolute atomic E-state index is 9.83. The van der Waals surface area contributed by atoms with Crippen LogP contribution in [0.3, 0.4) is 0 Å². The van der Waals surface area contributed by atoms with Gasteiger partial charge in [0.05, 0.1) is 22.6 Å². The molecule has 0 aliphatic carbocycles. The summed E-state index contributed by atoms with van der Waals surface area (Å²) in [4.78, 5) is 16.9. The van der Waals surface area contributed by atoms with E-state index in [1.165, 1.54) is 0 Å². The van der Waals surface area contributed by atoms with Crippen LogP contribution in [0.1, 0.15) is 39.5 Å². The minimum atomic E-state index is 0.489. The minimum absolute atomic E-state index is 0.489. The molecule has 0 amide bonds. The second kappa shape index (κ2) is 11.5. The van der Waals surface area contributed by atoms with Gasteiger partial charge in [-0.1, -0.05) is 12.1 Å². The Morgan fingerprint density at radius 2 is 1.87 bits per heavy atom. The number of nitrogens with zero attached hydrogens (tertiary/aromatic N) is 4. The van der Waals surface area contributed by atoms with E-state index in [4.69, 9.17) is 4.98 Å². The zero-order valence-electron chi connectivity index (χ0n) is 21.5. The van der Waals surface area contributed by atoms with Gasteiger partial charge in [-0.15, -0.1) is 0 Å². The Hall–Kier alpha value is -4.80. The largest absolute Gasteiger partial charge is 0.361 e. The van der Waals surface area contributed by atoms with Gasteiger partial charge in [0.25, 0.3) is 0 Å². The van der Waals surface area contributed by atoms with Crippen molar-refractivity contribution >= 4 is 34.4 Å². The van der Waals surface area contributed by atoms with Gasteiger partial charge in [-0.2, -0.15) is 5.26 Å². The number of pyridine rings is 3. The van der Waals surface area contributed by atoms with Crippen LogP contribution in [0.15, 0.2) is 73.2 Å². The zero-order valence-corrected chi connectivity index (χ0v) is 21.5. The van der Waals surface area contributed by atoms with E-state index in [0.717, 1.165) is 69.1 Å². The fourth-order valence-corrected chi connectivity index (χ4v) is 4.44. The molecule has 5 aromatic rings. The highest BCUT2D eigenvalue weighted by atomic mass is 14.9. The predicted molar refractivity (Wildman–Crippen MR) is 153 cm³/mol. The molecule has 0 atom stereocenters. The van der Waals surface area contributed by atoms with Crippen LogP contribution in [-0.2, 0) is 13.0 Å². The molecule has 0 bridgehead atoms. The molecule has 3 N–H and O–H groups in total. The van der Waals surface area contributed by atoms with Crippen molar-refractivity contribution in [3.63, 3.8) is 0 Å². The summed E-state index contributed by atoms with van der Waals surface area (Å²) in [5.41, 5.74) is 8.93. The molecule has 7 nitrogen and oxygen atoms in total. The first-order chi connectivity index (χ1) is 18.6. The lowest BCUT2D eigenvalue weighted by Gasteiger charge is -2.16. The Balaban J connectivity index is 1.35. The van der Waals surface area contributed by atoms with E-state index in [9.17, 15) is 5.26 Å². The number of H-pyrrole nitrogens is 1. The summed E-state index contributed by atoms with van der Waals surface area (Å²) >= 11 is 0. The van der Waals surface area contributed by atoms with E-state index in [-0.39, 0.29) is 0 Å². The first kappa shape index (κ1) is 24.9. The summed E-state index contributed by atoms with van der Waals surface area (Å²) in [6.07, 6.45) is 10.2. The van der Waals surface area contributed by atoms with Crippen LogP contribution in [0.2, 0.25) is 0 Å². The van der Waals surface area contributed by atoms with Crippen molar-refractivity contribution in [3.8, 4) is 6.07 Å². The second-order valence-corrected chi connectivity index (χ2v) is 9.09. The van der Waals surface area contributed by atoms with E-state index in [1.807, 2.05) is 80.0 Å². The van der Waals surface area contributed by atoms with Gasteiger partial charge < -0.3 is 15.6 Å². The summed E-state index contributed by atoms with van der Waals surface area (Å²) in [6.45, 7) is 5.53. The molecule has 0 fully saturated rings. The normalized spacial score (nSPS) is 11.2. The second-order valence-electron chi connectivity index (χ2n) is 9.09. The third-order valence-corrected chi connectivity index (χ3v) is 6.54. The number of fused-ring (bicyclic) bond motifs is 1. The maximum Gasteiger partial charge on any atom is 0.103 e. The van der Waals surface area contributed by atoms with Crippen molar-refractivity contribution in [3.05, 3.63) is 113 Å². The molecule has 4 aromatic heterocycles. The van der Waals surface area contributed by atoms with Crippen LogP contribution >= 0.6 is 0 Å². The number of aromatic amines is 1. The van der Waals surface area contributed by atoms with Gasteiger partial charge >= 0.3 is 0 Å². The Kier molecular flexibility index (Phi) is 7.53. The summed E-state index contributed by atoms with van der Waals surface area (Å²) < 4.78 is 0. The summed E-state index contributed by atoms with van der Waals surface area (Å²) in [6, 6.07) is 20.4. The summed E-state index contributed by atoms with van der Waals surface area (Å²) in [7, 11) is 0. The third-order valence-electron chi connectivity index (χ3n) is 6.54. The smallest absolute Gasteiger partial charge is 0.103 e. The monoisotopic (exact) mass is 499 g/mol. The van der Waals surface area contributed by atoms with Gasteiger partial charge in [-0.3, -0.25) is 15.0 Å². The fraction of sp³-hybridized carbons (Fsp3) is 0.161. The molecule has 0 saturated carbocycles. The van der Waals surface area contributed by atoms with Crippen LogP contribution in [0.5, 0.6) is 0 Å². The number of aromatic nitrogens is 4. The van der Waals surface area contributed by atoms with Crippen molar-refractivity contribution in [1.29, 1.82) is 5.26 Å². The number of nitrogens with one attached hydrogen (secondary N) is 3. The molecule has 188 valence electrons. The Morgan fingerprint density at radius 1 is 0.974 bits per heavy atom. The van der Waals surface area contributed by atoms with Crippen molar-refractivity contribution in [2.45, 2.75) is 26.8 Å². The molecule has 5 rings (SSSR count). The maximum atomic E-state index is 9.83. The van der Waals surface area contributed by atoms with Gasteiger partial charge in [-0.05, 0) is 74.0 Å². The first-order valence-electron chi connectivity index (χ1n) is 12.6. The fourth-order valence-electron chi connectivity index (χ4n) is 4.44. The van der Waals surface area contributed by atoms with Gasteiger partial charge in [0, 0.05) is 71.6 Å². The van der Waals surface area contributed by atoms with Crippen LogP contribution in [0.25, 0.3) is 23.1 Å². The molecule has 0 aliphatic rings. The number of benzene rings is 1. The van der Waals surface area contributed by atoms with E-state index >= 15 is 0 Å². The van der Waals surface area contributed by atoms with Crippen molar-refractivity contribution in [2.75, 3.05) is 11.9 Å². The van der Waals surface area contributed by atoms with Gasteiger partial charge in [-0.25, -0.2) is 0 Å². The van der Waals surface area contributed by atoms with Crippen molar-refractivity contribution in [2.24, 2.45) is 0 Å². The van der Waals surface area contributed by atoms with Crippen molar-refractivity contribution in [1.82, 2.24) is 25.3 Å². The highest BCUT2D eigenvalue weighted by Crippen LogP contribution is 2.32. The lowest BCUT2D eigenvalue weighted by Crippen LogP contribution is -2.17. The molecule has 1 aromatic carbocycles. The van der Waals surface area contributed by atoms with Crippen LogP contribution in [0, 0.1) is 25.2 Å². The first-order valence-corrected chi connectivity index (χ1v) is 12.6. The lowest BCUT2D eigenvalue weighted by atomic mass is 10.0. The van der Waals surface area contributed by atoms with Crippen LogP contribution in [0.4, 0.5) is 11.4 Å². The Morgan fingerprint density at radius 3 is 2.71 bits per heavy atom. The summed E-state index contributed by atoms with van der Waals surface area (Å²) in [5.74, 6) is 0. The lowest BCUT2D eigenvalue weighted by molar-refractivity contribution is 0.668. The number of hydrogen-bond acceptors (Lipinski definition) is 6. The molecular formula is C31H29N7. The molecule has 4 heterocycles. The summed E-state index contributed by atoms with van der Waals surface area (Å²) in [5, 5.41) is 17.9. The molecule has 0 saturated heterocycles. The van der Waals surface area contributed by atoms with Gasteiger partial charge in [0.15, 0.2) is 0 Å². The van der Waals surface area contributed by atoms with E-state index < -0.39 is 0 Å². The standard InChI is InChI=1S/C31H29N7/c1-21-27-14-17-35-30(27)12-11-29(21)38-31-23(18-32)19-36-22(2)28(31)10-9-25-7-5-8-26(37-25)20-33-16-13-24-6-3-4-15-34-24/h3-12,14-15,17,19,33,35H,13,16,20H2,1-2H3,(H,36,38). The average molecular weight is 500 g/mol. The van der Waals surface area contributed by atoms with Gasteiger partial charge in [0.2, 0.25) is 0 Å². The van der Waals surface area contributed by atoms with E-state index in [1.54, 1.807) is 6.20 Å². The molecule has 38 heavy (non-hydrogen) atoms. The number of hydrogen-bond donors (Lipinski definition) is 3. The third kappa shape index (κ3) is 5.61. The van der Waals surface area contributed by atoms with Crippen LogP contribution < -0.4 is 10.6 Å². The number of aryl methyl sites for hydroxylation is 2. The molecule has 0 radical (unpaired) electrons. The van der Waals surface area contributed by atoms with E-state index in [0.29, 0.717) is 12.1 Å². The molecule has 7 heteroatoms. The Bertz CT molecular complexity index is 1630. The topological polar surface area (TPSA) is 102 Å². The quantitative estimate of drug-likeness (QED) is 0.212. The van der Waals surface area contributed by atoms with E-state index in [2.05, 4.69) is 44.6 Å². The van der Waals surface area contributed by atoms with Crippen molar-refractivity contribution < 1.29 is 0 Å². The highest BCUT2D eigenvalue weighted by Gasteiger charge is 2.13. The molecule has 0 aliphatic heterocycles. The van der Waals surface area contributed by atoms with Crippen LogP contribution in [-0.4, -0.2) is 26.5 Å². The molecule has 0 unspecified atom stereocenters. The number of nitriles is 1.